The first-order valence-electron chi connectivity index (χ1n) is 10.1. The highest BCUT2D eigenvalue weighted by molar-refractivity contribution is 5.75. The van der Waals surface area contributed by atoms with Crippen molar-refractivity contribution in [3.8, 4) is 0 Å². The Morgan fingerprint density at radius 2 is 1.64 bits per heavy atom. The van der Waals surface area contributed by atoms with E-state index >= 15 is 0 Å². The lowest BCUT2D eigenvalue weighted by atomic mass is 10.1. The molecule has 0 radical (unpaired) electrons. The van der Waals surface area contributed by atoms with Crippen LogP contribution in [0.25, 0.3) is 0 Å². The third kappa shape index (κ3) is 8.02. The number of nitrogens with two attached hydrogens (primary N) is 1. The highest BCUT2D eigenvalue weighted by atomic mass is 16.1. The van der Waals surface area contributed by atoms with Gasteiger partial charge in [0.25, 0.3) is 0 Å². The van der Waals surface area contributed by atoms with Crippen molar-refractivity contribution in [2.24, 2.45) is 5.73 Å². The summed E-state index contributed by atoms with van der Waals surface area (Å²) in [6.45, 7) is 4.80. The molecule has 0 bridgehead atoms. The van der Waals surface area contributed by atoms with Crippen molar-refractivity contribution in [2.45, 2.75) is 70.9 Å². The smallest absolute Gasteiger partial charge is 0.220 e. The Labute approximate surface area is 153 Å². The van der Waals surface area contributed by atoms with Crippen molar-refractivity contribution in [1.82, 2.24) is 10.2 Å². The number of carbonyl (C=O) groups excluding carboxylic acids is 1. The molecule has 140 valence electrons. The van der Waals surface area contributed by atoms with E-state index in [9.17, 15) is 4.79 Å². The van der Waals surface area contributed by atoms with Gasteiger partial charge in [0.05, 0.1) is 0 Å². The molecule has 1 amide bonds. The molecule has 25 heavy (non-hydrogen) atoms. The molecule has 0 saturated carbocycles. The maximum Gasteiger partial charge on any atom is 0.220 e. The molecule has 0 spiro atoms. The number of rotatable bonds is 10. The lowest BCUT2D eigenvalue weighted by Gasteiger charge is -2.21. The Balaban J connectivity index is 1.76. The molecule has 4 heteroatoms. The Hall–Kier alpha value is -1.39. The van der Waals surface area contributed by atoms with Gasteiger partial charge in [0.15, 0.2) is 0 Å². The number of benzene rings is 1. The van der Waals surface area contributed by atoms with Gasteiger partial charge < -0.3 is 11.1 Å². The molecular weight excluding hydrogens is 310 g/mol. The molecule has 0 aromatic heterocycles. The summed E-state index contributed by atoms with van der Waals surface area (Å²) in [6, 6.07) is 8.53. The van der Waals surface area contributed by atoms with Gasteiger partial charge in [-0.05, 0) is 56.4 Å². The normalized spacial score (nSPS) is 15.7. The van der Waals surface area contributed by atoms with Crippen molar-refractivity contribution < 1.29 is 4.79 Å². The van der Waals surface area contributed by atoms with E-state index in [-0.39, 0.29) is 5.91 Å². The molecule has 0 aliphatic carbocycles. The second kappa shape index (κ2) is 12.0. The van der Waals surface area contributed by atoms with Crippen LogP contribution >= 0.6 is 0 Å². The number of hydrogen-bond acceptors (Lipinski definition) is 3. The Bertz CT molecular complexity index is 496. The second-order valence-electron chi connectivity index (χ2n) is 7.19. The Kier molecular flexibility index (Phi) is 9.60. The monoisotopic (exact) mass is 345 g/mol. The predicted molar refractivity (Wildman–Crippen MR) is 104 cm³/mol. The number of unbranched alkanes of at least 4 members (excludes halogenated alkanes) is 3. The molecule has 3 N–H and O–H groups in total. The maximum absolute atomic E-state index is 12.0. The van der Waals surface area contributed by atoms with Gasteiger partial charge in [-0.15, -0.1) is 0 Å². The van der Waals surface area contributed by atoms with Crippen molar-refractivity contribution >= 4 is 5.91 Å². The van der Waals surface area contributed by atoms with E-state index < -0.39 is 0 Å². The minimum atomic E-state index is 0.164. The van der Waals surface area contributed by atoms with Crippen molar-refractivity contribution in [3.63, 3.8) is 0 Å². The van der Waals surface area contributed by atoms with Crippen LogP contribution in [0.4, 0.5) is 0 Å². The summed E-state index contributed by atoms with van der Waals surface area (Å²) < 4.78 is 0. The first kappa shape index (κ1) is 19.9. The van der Waals surface area contributed by atoms with E-state index in [4.69, 9.17) is 5.73 Å². The van der Waals surface area contributed by atoms with Crippen LogP contribution in [0.2, 0.25) is 0 Å². The topological polar surface area (TPSA) is 58.4 Å². The molecule has 1 aromatic rings. The standard InChI is InChI=1S/C21H35N3O/c22-14-8-2-1-5-13-21(25)23-17-19-11-6-7-12-20(19)18-24-15-9-3-4-10-16-24/h6-7,11-12H,1-5,8-10,13-18,22H2,(H,23,25). The first-order chi connectivity index (χ1) is 12.3. The van der Waals surface area contributed by atoms with Gasteiger partial charge in [-0.3, -0.25) is 9.69 Å². The lowest BCUT2D eigenvalue weighted by molar-refractivity contribution is -0.121. The van der Waals surface area contributed by atoms with E-state index in [0.29, 0.717) is 13.0 Å². The van der Waals surface area contributed by atoms with E-state index in [2.05, 4.69) is 34.5 Å². The summed E-state index contributed by atoms with van der Waals surface area (Å²) >= 11 is 0. The summed E-state index contributed by atoms with van der Waals surface area (Å²) in [4.78, 5) is 14.6. The molecule has 1 aromatic carbocycles. The van der Waals surface area contributed by atoms with Crippen LogP contribution in [-0.4, -0.2) is 30.4 Å². The zero-order valence-electron chi connectivity index (χ0n) is 15.6. The van der Waals surface area contributed by atoms with Gasteiger partial charge in [-0.1, -0.05) is 49.9 Å². The number of hydrogen-bond donors (Lipinski definition) is 2. The number of likely N-dealkylation sites (tertiary alicyclic amines) is 1. The van der Waals surface area contributed by atoms with Crippen LogP contribution in [0.5, 0.6) is 0 Å². The van der Waals surface area contributed by atoms with Gasteiger partial charge in [0.2, 0.25) is 5.91 Å². The van der Waals surface area contributed by atoms with Gasteiger partial charge in [-0.2, -0.15) is 0 Å². The fourth-order valence-corrected chi connectivity index (χ4v) is 3.49. The summed E-state index contributed by atoms with van der Waals surface area (Å²) in [6.07, 6.45) is 10.2. The molecule has 1 fully saturated rings. The zero-order valence-corrected chi connectivity index (χ0v) is 15.6. The van der Waals surface area contributed by atoms with Crippen LogP contribution in [0.3, 0.4) is 0 Å². The molecular formula is C21H35N3O. The molecule has 1 saturated heterocycles. The van der Waals surface area contributed by atoms with E-state index in [1.807, 2.05) is 0 Å². The van der Waals surface area contributed by atoms with Crippen molar-refractivity contribution in [3.05, 3.63) is 35.4 Å². The SMILES string of the molecule is NCCCCCCC(=O)NCc1ccccc1CN1CCCCCC1. The maximum atomic E-state index is 12.0. The average Bonchev–Trinajstić information content (AvgIpc) is 2.89. The fourth-order valence-electron chi connectivity index (χ4n) is 3.49. The predicted octanol–water partition coefficient (Wildman–Crippen LogP) is 3.59. The molecule has 4 nitrogen and oxygen atoms in total. The number of amides is 1. The minimum Gasteiger partial charge on any atom is -0.352 e. The third-order valence-corrected chi connectivity index (χ3v) is 5.04. The van der Waals surface area contributed by atoms with Crippen LogP contribution in [0.1, 0.15) is 68.9 Å². The number of nitrogens with zero attached hydrogens (tertiary/aromatic N) is 1. The molecule has 0 atom stereocenters. The van der Waals surface area contributed by atoms with Gasteiger partial charge >= 0.3 is 0 Å². The molecule has 2 rings (SSSR count). The summed E-state index contributed by atoms with van der Waals surface area (Å²) in [5.41, 5.74) is 8.10. The molecule has 1 aliphatic rings. The van der Waals surface area contributed by atoms with E-state index in [1.54, 1.807) is 0 Å². The van der Waals surface area contributed by atoms with Crippen molar-refractivity contribution in [1.29, 1.82) is 0 Å². The first-order valence-corrected chi connectivity index (χ1v) is 10.1. The summed E-state index contributed by atoms with van der Waals surface area (Å²) in [5, 5.41) is 3.10. The largest absolute Gasteiger partial charge is 0.352 e. The van der Waals surface area contributed by atoms with E-state index in [1.165, 1.54) is 49.9 Å². The van der Waals surface area contributed by atoms with Gasteiger partial charge in [0, 0.05) is 19.5 Å². The number of nitrogens with one attached hydrogen (secondary N) is 1. The average molecular weight is 346 g/mol. The second-order valence-corrected chi connectivity index (χ2v) is 7.19. The van der Waals surface area contributed by atoms with Crippen LogP contribution in [0, 0.1) is 0 Å². The molecule has 1 aliphatic heterocycles. The van der Waals surface area contributed by atoms with E-state index in [0.717, 1.165) is 38.8 Å². The highest BCUT2D eigenvalue weighted by Crippen LogP contribution is 2.16. The quantitative estimate of drug-likeness (QED) is 0.637. The minimum absolute atomic E-state index is 0.164. The Morgan fingerprint density at radius 3 is 2.36 bits per heavy atom. The molecule has 0 unspecified atom stereocenters. The number of carbonyl (C=O) groups is 1. The van der Waals surface area contributed by atoms with Crippen molar-refractivity contribution in [2.75, 3.05) is 19.6 Å². The lowest BCUT2D eigenvalue weighted by Crippen LogP contribution is -2.26. The van der Waals surface area contributed by atoms with Crippen LogP contribution < -0.4 is 11.1 Å². The Morgan fingerprint density at radius 1 is 0.960 bits per heavy atom. The fraction of sp³-hybridized carbons (Fsp3) is 0.667. The van der Waals surface area contributed by atoms with Gasteiger partial charge in [-0.25, -0.2) is 0 Å². The summed E-state index contributed by atoms with van der Waals surface area (Å²) in [7, 11) is 0. The summed E-state index contributed by atoms with van der Waals surface area (Å²) in [5.74, 6) is 0.164. The highest BCUT2D eigenvalue weighted by Gasteiger charge is 2.12. The zero-order chi connectivity index (χ0) is 17.7. The van der Waals surface area contributed by atoms with Crippen LogP contribution in [-0.2, 0) is 17.9 Å². The van der Waals surface area contributed by atoms with Gasteiger partial charge in [0.1, 0.15) is 0 Å². The molecule has 1 heterocycles. The van der Waals surface area contributed by atoms with Crippen LogP contribution in [0.15, 0.2) is 24.3 Å². The third-order valence-electron chi connectivity index (χ3n) is 5.04.